The highest BCUT2D eigenvalue weighted by Gasteiger charge is 2.40. The standard InChI is InChI=1S/C46H85NO4/c1-6-10-14-17-20-24-27-39(28-25-21-18-15-11-7-2)37-42(29-26-22-19-16-12-8-3)50-45(48)38-41-31-32-44(43(41)30-23-13-9-4)51-46(49)40-33-35-47(5)36-34-40/h13,23,39-44H,6-12,14-22,24-38H2,1-5H3/b23-13-. The lowest BCUT2D eigenvalue weighted by Gasteiger charge is -2.30. The van der Waals surface area contributed by atoms with E-state index in [0.717, 1.165) is 70.9 Å². The number of carbonyl (C=O) groups excluding carboxylic acids is 2. The van der Waals surface area contributed by atoms with Crippen molar-refractivity contribution in [3.05, 3.63) is 12.2 Å². The number of hydrogen-bond acceptors (Lipinski definition) is 5. The molecule has 4 unspecified atom stereocenters. The smallest absolute Gasteiger partial charge is 0.309 e. The zero-order valence-corrected chi connectivity index (χ0v) is 34.6. The van der Waals surface area contributed by atoms with Crippen LogP contribution in [-0.2, 0) is 19.1 Å². The summed E-state index contributed by atoms with van der Waals surface area (Å²) in [6.45, 7) is 10.9. The maximum absolute atomic E-state index is 13.8. The summed E-state index contributed by atoms with van der Waals surface area (Å²) in [6.07, 6.45) is 38.6. The summed E-state index contributed by atoms with van der Waals surface area (Å²) < 4.78 is 12.8. The molecule has 0 spiro atoms. The first-order chi connectivity index (χ1) is 24.9. The second kappa shape index (κ2) is 30.0. The summed E-state index contributed by atoms with van der Waals surface area (Å²) in [5.74, 6) is 1.05. The van der Waals surface area contributed by atoms with Gasteiger partial charge in [0.2, 0.25) is 0 Å². The van der Waals surface area contributed by atoms with Crippen molar-refractivity contribution < 1.29 is 19.1 Å². The number of ether oxygens (including phenoxy) is 2. The van der Waals surface area contributed by atoms with Crippen molar-refractivity contribution in [2.45, 2.75) is 226 Å². The lowest BCUT2D eigenvalue weighted by atomic mass is 9.87. The number of piperidine rings is 1. The van der Waals surface area contributed by atoms with Crippen LogP contribution in [0.3, 0.4) is 0 Å². The van der Waals surface area contributed by atoms with E-state index < -0.39 is 0 Å². The van der Waals surface area contributed by atoms with Crippen LogP contribution in [-0.4, -0.2) is 49.2 Å². The molecule has 5 nitrogen and oxygen atoms in total. The third kappa shape index (κ3) is 21.2. The Bertz CT molecular complexity index is 864. The highest BCUT2D eigenvalue weighted by atomic mass is 16.5. The molecule has 2 fully saturated rings. The molecule has 1 saturated carbocycles. The van der Waals surface area contributed by atoms with Crippen molar-refractivity contribution >= 4 is 11.9 Å². The van der Waals surface area contributed by atoms with Crippen LogP contribution in [0.4, 0.5) is 0 Å². The molecular formula is C46H85NO4. The van der Waals surface area contributed by atoms with E-state index in [2.05, 4.69) is 51.8 Å². The first-order valence-electron chi connectivity index (χ1n) is 22.6. The van der Waals surface area contributed by atoms with Crippen LogP contribution in [0.1, 0.15) is 214 Å². The first kappa shape index (κ1) is 45.8. The van der Waals surface area contributed by atoms with Crippen LogP contribution in [0.25, 0.3) is 0 Å². The van der Waals surface area contributed by atoms with Crippen molar-refractivity contribution in [2.75, 3.05) is 20.1 Å². The minimum Gasteiger partial charge on any atom is -0.462 e. The zero-order valence-electron chi connectivity index (χ0n) is 34.6. The van der Waals surface area contributed by atoms with Gasteiger partial charge in [0.1, 0.15) is 12.2 Å². The van der Waals surface area contributed by atoms with Gasteiger partial charge in [0.05, 0.1) is 5.92 Å². The minimum absolute atomic E-state index is 0.0124. The normalized spacial score (nSPS) is 20.8. The highest BCUT2D eigenvalue weighted by Crippen LogP contribution is 2.40. The van der Waals surface area contributed by atoms with Gasteiger partial charge < -0.3 is 14.4 Å². The van der Waals surface area contributed by atoms with E-state index >= 15 is 0 Å². The van der Waals surface area contributed by atoms with Gasteiger partial charge in [0, 0.05) is 12.3 Å². The molecule has 2 aliphatic rings. The van der Waals surface area contributed by atoms with Gasteiger partial charge in [0.15, 0.2) is 0 Å². The molecule has 1 saturated heterocycles. The van der Waals surface area contributed by atoms with E-state index in [1.165, 1.54) is 122 Å². The topological polar surface area (TPSA) is 55.8 Å². The molecule has 298 valence electrons. The van der Waals surface area contributed by atoms with Crippen molar-refractivity contribution in [1.29, 1.82) is 0 Å². The summed E-state index contributed by atoms with van der Waals surface area (Å²) in [5, 5.41) is 0. The van der Waals surface area contributed by atoms with Gasteiger partial charge in [-0.25, -0.2) is 0 Å². The number of carbonyl (C=O) groups is 2. The third-order valence-electron chi connectivity index (χ3n) is 12.2. The third-order valence-corrected chi connectivity index (χ3v) is 12.2. The Morgan fingerprint density at radius 1 is 0.667 bits per heavy atom. The Morgan fingerprint density at radius 2 is 1.20 bits per heavy atom. The van der Waals surface area contributed by atoms with Crippen LogP contribution in [0.15, 0.2) is 12.2 Å². The number of esters is 2. The molecule has 5 heteroatoms. The molecule has 0 amide bonds. The van der Waals surface area contributed by atoms with Crippen LogP contribution < -0.4 is 0 Å². The van der Waals surface area contributed by atoms with Crippen LogP contribution in [0.5, 0.6) is 0 Å². The number of rotatable bonds is 31. The fraction of sp³-hybridized carbons (Fsp3) is 0.913. The molecule has 1 aliphatic carbocycles. The number of allylic oxidation sites excluding steroid dienone is 2. The maximum atomic E-state index is 13.8. The fourth-order valence-corrected chi connectivity index (χ4v) is 8.77. The van der Waals surface area contributed by atoms with Gasteiger partial charge >= 0.3 is 11.9 Å². The molecule has 0 radical (unpaired) electrons. The molecule has 1 heterocycles. The van der Waals surface area contributed by atoms with Gasteiger partial charge in [0.25, 0.3) is 0 Å². The van der Waals surface area contributed by atoms with Gasteiger partial charge in [-0.15, -0.1) is 0 Å². The van der Waals surface area contributed by atoms with Gasteiger partial charge in [-0.1, -0.05) is 162 Å². The summed E-state index contributed by atoms with van der Waals surface area (Å²) >= 11 is 0. The van der Waals surface area contributed by atoms with Crippen LogP contribution in [0.2, 0.25) is 0 Å². The van der Waals surface area contributed by atoms with Crippen molar-refractivity contribution in [3.8, 4) is 0 Å². The molecule has 0 aromatic carbocycles. The van der Waals surface area contributed by atoms with E-state index in [1.807, 2.05) is 0 Å². The van der Waals surface area contributed by atoms with Crippen molar-refractivity contribution in [1.82, 2.24) is 4.90 Å². The number of likely N-dealkylation sites (tertiary alicyclic amines) is 1. The molecule has 0 aromatic heterocycles. The van der Waals surface area contributed by atoms with E-state index in [0.29, 0.717) is 12.3 Å². The molecule has 1 aliphatic heterocycles. The Morgan fingerprint density at radius 3 is 1.75 bits per heavy atom. The van der Waals surface area contributed by atoms with E-state index in [4.69, 9.17) is 9.47 Å². The summed E-state index contributed by atoms with van der Waals surface area (Å²) in [6, 6.07) is 0. The lowest BCUT2D eigenvalue weighted by Crippen LogP contribution is -2.36. The average Bonchev–Trinajstić information content (AvgIpc) is 3.48. The lowest BCUT2D eigenvalue weighted by molar-refractivity contribution is -0.158. The molecule has 51 heavy (non-hydrogen) atoms. The Hall–Kier alpha value is -1.36. The quantitative estimate of drug-likeness (QED) is 0.0406. The predicted molar refractivity (Wildman–Crippen MR) is 217 cm³/mol. The predicted octanol–water partition coefficient (Wildman–Crippen LogP) is 13.2. The maximum Gasteiger partial charge on any atom is 0.309 e. The zero-order chi connectivity index (χ0) is 36.9. The number of nitrogens with zero attached hydrogens (tertiary/aromatic N) is 1. The second-order valence-corrected chi connectivity index (χ2v) is 16.8. The van der Waals surface area contributed by atoms with Gasteiger partial charge in [-0.05, 0) is 89.8 Å². The molecule has 0 bridgehead atoms. The molecule has 0 N–H and O–H groups in total. The Balaban J connectivity index is 2.05. The molecule has 0 aromatic rings. The van der Waals surface area contributed by atoms with Crippen LogP contribution in [0, 0.1) is 23.7 Å². The largest absolute Gasteiger partial charge is 0.462 e. The van der Waals surface area contributed by atoms with E-state index in [-0.39, 0.29) is 41.9 Å². The summed E-state index contributed by atoms with van der Waals surface area (Å²) in [4.78, 5) is 29.3. The second-order valence-electron chi connectivity index (χ2n) is 16.8. The Kier molecular flexibility index (Phi) is 27.0. The SMILES string of the molecule is CC/C=C\CC1C(CC(=O)OC(CCCCCCCC)CC(CCCCCCCC)CCCCCCCC)CCC1OC(=O)C1CCN(C)CC1. The van der Waals surface area contributed by atoms with Gasteiger partial charge in [-0.3, -0.25) is 9.59 Å². The molecule has 2 rings (SSSR count). The van der Waals surface area contributed by atoms with E-state index in [1.54, 1.807) is 0 Å². The first-order valence-corrected chi connectivity index (χ1v) is 22.6. The average molecular weight is 716 g/mol. The monoisotopic (exact) mass is 716 g/mol. The molecule has 4 atom stereocenters. The van der Waals surface area contributed by atoms with E-state index in [9.17, 15) is 9.59 Å². The molecular weight excluding hydrogens is 631 g/mol. The number of hydrogen-bond donors (Lipinski definition) is 0. The van der Waals surface area contributed by atoms with Crippen molar-refractivity contribution in [3.63, 3.8) is 0 Å². The minimum atomic E-state index is -0.0885. The highest BCUT2D eigenvalue weighted by molar-refractivity contribution is 5.73. The number of unbranched alkanes of at least 4 members (excludes halogenated alkanes) is 15. The Labute approximate surface area is 317 Å². The van der Waals surface area contributed by atoms with Gasteiger partial charge in [-0.2, -0.15) is 0 Å². The fourth-order valence-electron chi connectivity index (χ4n) is 8.77. The van der Waals surface area contributed by atoms with Crippen molar-refractivity contribution in [2.24, 2.45) is 23.7 Å². The summed E-state index contributed by atoms with van der Waals surface area (Å²) in [7, 11) is 2.13. The summed E-state index contributed by atoms with van der Waals surface area (Å²) in [5.41, 5.74) is 0. The van der Waals surface area contributed by atoms with Crippen LogP contribution >= 0.6 is 0 Å².